The number of aromatic nitrogens is 1. The summed E-state index contributed by atoms with van der Waals surface area (Å²) in [4.78, 5) is 5.10. The number of piperazine rings is 1. The molecule has 3 rings (SSSR count). The lowest BCUT2D eigenvalue weighted by atomic mass is 10.2. The van der Waals surface area contributed by atoms with E-state index in [1.54, 1.807) is 0 Å². The molecule has 1 atom stereocenters. The molecule has 0 aromatic carbocycles. The number of nitrogens with one attached hydrogen (secondary N) is 1. The van der Waals surface area contributed by atoms with Crippen LogP contribution in [-0.4, -0.2) is 60.3 Å². The van der Waals surface area contributed by atoms with Crippen molar-refractivity contribution < 1.29 is 4.52 Å². The van der Waals surface area contributed by atoms with Crippen LogP contribution in [0, 0.1) is 0 Å². The van der Waals surface area contributed by atoms with Crippen molar-refractivity contribution in [3.63, 3.8) is 0 Å². The van der Waals surface area contributed by atoms with Gasteiger partial charge in [-0.25, -0.2) is 0 Å². The van der Waals surface area contributed by atoms with Crippen LogP contribution in [0.25, 0.3) is 0 Å². The van der Waals surface area contributed by atoms with Gasteiger partial charge in [-0.3, -0.25) is 9.80 Å². The maximum absolute atomic E-state index is 5.37. The summed E-state index contributed by atoms with van der Waals surface area (Å²) in [5, 5.41) is 7.51. The first-order valence-electron chi connectivity index (χ1n) is 7.46. The van der Waals surface area contributed by atoms with Crippen molar-refractivity contribution in [2.45, 2.75) is 32.4 Å². The molecule has 106 valence electrons. The van der Waals surface area contributed by atoms with E-state index in [0.29, 0.717) is 0 Å². The van der Waals surface area contributed by atoms with Crippen molar-refractivity contribution in [1.29, 1.82) is 0 Å². The Kier molecular flexibility index (Phi) is 4.15. The van der Waals surface area contributed by atoms with Gasteiger partial charge in [-0.15, -0.1) is 0 Å². The van der Waals surface area contributed by atoms with Crippen LogP contribution >= 0.6 is 0 Å². The Morgan fingerprint density at radius 3 is 2.84 bits per heavy atom. The fraction of sp³-hybridized carbons (Fsp3) is 0.786. The van der Waals surface area contributed by atoms with E-state index < -0.39 is 0 Å². The van der Waals surface area contributed by atoms with Gasteiger partial charge in [0.2, 0.25) is 0 Å². The van der Waals surface area contributed by atoms with Crippen molar-refractivity contribution in [3.8, 4) is 0 Å². The molecule has 2 aliphatic heterocycles. The van der Waals surface area contributed by atoms with E-state index >= 15 is 0 Å². The molecular formula is C14H24N4O. The molecule has 5 heteroatoms. The van der Waals surface area contributed by atoms with Crippen molar-refractivity contribution in [2.24, 2.45) is 0 Å². The Balaban J connectivity index is 1.47. The van der Waals surface area contributed by atoms with Crippen LogP contribution in [0.2, 0.25) is 0 Å². The van der Waals surface area contributed by atoms with Gasteiger partial charge >= 0.3 is 0 Å². The number of hydrogen-bond donors (Lipinski definition) is 1. The Morgan fingerprint density at radius 1 is 1.37 bits per heavy atom. The third-order valence-electron chi connectivity index (χ3n) is 4.31. The average Bonchev–Trinajstić information content (AvgIpc) is 3.10. The first-order chi connectivity index (χ1) is 9.35. The quantitative estimate of drug-likeness (QED) is 0.868. The van der Waals surface area contributed by atoms with Crippen molar-refractivity contribution >= 4 is 0 Å². The predicted molar refractivity (Wildman–Crippen MR) is 74.0 cm³/mol. The zero-order valence-electron chi connectivity index (χ0n) is 11.8. The molecule has 0 radical (unpaired) electrons. The molecule has 5 nitrogen and oxygen atoms in total. The Morgan fingerprint density at radius 2 is 2.21 bits per heavy atom. The normalized spacial score (nSPS) is 26.1. The fourth-order valence-electron chi connectivity index (χ4n) is 3.05. The molecule has 0 saturated carbocycles. The highest BCUT2D eigenvalue weighted by molar-refractivity contribution is 5.05. The summed E-state index contributed by atoms with van der Waals surface area (Å²) in [7, 11) is 0. The van der Waals surface area contributed by atoms with Gasteiger partial charge in [-0.2, -0.15) is 0 Å². The van der Waals surface area contributed by atoms with Crippen LogP contribution in [-0.2, 0) is 13.0 Å². The van der Waals surface area contributed by atoms with Gasteiger partial charge in [0.05, 0.1) is 12.2 Å². The second kappa shape index (κ2) is 6.03. The Labute approximate surface area is 114 Å². The Bertz CT molecular complexity index is 392. The summed E-state index contributed by atoms with van der Waals surface area (Å²) >= 11 is 0. The molecule has 19 heavy (non-hydrogen) atoms. The second-order valence-electron chi connectivity index (χ2n) is 5.60. The standard InChI is InChI=1S/C14H24N4O/c1-2-12-9-14(19-16-12)11-17-5-7-18(8-6-17)13-3-4-15-10-13/h9,13,15H,2-8,10-11H2,1H3/t13-/m1/s1. The first kappa shape index (κ1) is 13.1. The highest BCUT2D eigenvalue weighted by Crippen LogP contribution is 2.14. The third-order valence-corrected chi connectivity index (χ3v) is 4.31. The van der Waals surface area contributed by atoms with Crippen molar-refractivity contribution in [1.82, 2.24) is 20.3 Å². The molecule has 1 aromatic heterocycles. The summed E-state index contributed by atoms with van der Waals surface area (Å²) in [5.41, 5.74) is 1.06. The van der Waals surface area contributed by atoms with Crippen LogP contribution in [0.1, 0.15) is 24.8 Å². The lowest BCUT2D eigenvalue weighted by molar-refractivity contribution is 0.0920. The lowest BCUT2D eigenvalue weighted by Crippen LogP contribution is -2.50. The number of aryl methyl sites for hydroxylation is 1. The maximum atomic E-state index is 5.37. The van der Waals surface area contributed by atoms with E-state index in [0.717, 1.165) is 43.6 Å². The van der Waals surface area contributed by atoms with E-state index in [-0.39, 0.29) is 0 Å². The maximum Gasteiger partial charge on any atom is 0.150 e. The SMILES string of the molecule is CCc1cc(CN2CCN([C@@H]3CCNC3)CC2)on1. The van der Waals surface area contributed by atoms with E-state index in [1.807, 2.05) is 0 Å². The van der Waals surface area contributed by atoms with Crippen LogP contribution in [0.5, 0.6) is 0 Å². The number of hydrogen-bond acceptors (Lipinski definition) is 5. The minimum atomic E-state index is 0.763. The minimum absolute atomic E-state index is 0.763. The van der Waals surface area contributed by atoms with Crippen LogP contribution < -0.4 is 5.32 Å². The molecule has 3 heterocycles. The minimum Gasteiger partial charge on any atom is -0.360 e. The third kappa shape index (κ3) is 3.16. The molecule has 1 N–H and O–H groups in total. The topological polar surface area (TPSA) is 44.5 Å². The Hall–Kier alpha value is -0.910. The van der Waals surface area contributed by atoms with Gasteiger partial charge in [0.25, 0.3) is 0 Å². The molecule has 0 bridgehead atoms. The van der Waals surface area contributed by atoms with Crippen LogP contribution in [0.4, 0.5) is 0 Å². The molecular weight excluding hydrogens is 240 g/mol. The largest absolute Gasteiger partial charge is 0.360 e. The van der Waals surface area contributed by atoms with Gasteiger partial charge in [0, 0.05) is 44.8 Å². The summed E-state index contributed by atoms with van der Waals surface area (Å²) in [6, 6.07) is 2.85. The van der Waals surface area contributed by atoms with E-state index in [1.165, 1.54) is 32.6 Å². The molecule has 2 fully saturated rings. The number of rotatable bonds is 4. The first-order valence-corrected chi connectivity index (χ1v) is 7.46. The fourth-order valence-corrected chi connectivity index (χ4v) is 3.05. The summed E-state index contributed by atoms with van der Waals surface area (Å²) < 4.78 is 5.37. The molecule has 0 spiro atoms. The van der Waals surface area contributed by atoms with Crippen LogP contribution in [0.15, 0.2) is 10.6 Å². The number of nitrogens with zero attached hydrogens (tertiary/aromatic N) is 3. The zero-order chi connectivity index (χ0) is 13.1. The van der Waals surface area contributed by atoms with Gasteiger partial charge in [0.1, 0.15) is 0 Å². The zero-order valence-corrected chi connectivity index (χ0v) is 11.8. The molecule has 1 aromatic rings. The smallest absolute Gasteiger partial charge is 0.150 e. The van der Waals surface area contributed by atoms with Gasteiger partial charge in [0.15, 0.2) is 5.76 Å². The van der Waals surface area contributed by atoms with Gasteiger partial charge in [-0.05, 0) is 19.4 Å². The second-order valence-corrected chi connectivity index (χ2v) is 5.60. The van der Waals surface area contributed by atoms with Crippen LogP contribution in [0.3, 0.4) is 0 Å². The van der Waals surface area contributed by atoms with Crippen molar-refractivity contribution in [2.75, 3.05) is 39.3 Å². The molecule has 0 unspecified atom stereocenters. The monoisotopic (exact) mass is 264 g/mol. The van der Waals surface area contributed by atoms with E-state index in [4.69, 9.17) is 4.52 Å². The van der Waals surface area contributed by atoms with Gasteiger partial charge in [-0.1, -0.05) is 12.1 Å². The highest BCUT2D eigenvalue weighted by atomic mass is 16.5. The highest BCUT2D eigenvalue weighted by Gasteiger charge is 2.26. The van der Waals surface area contributed by atoms with Gasteiger partial charge < -0.3 is 9.84 Å². The van der Waals surface area contributed by atoms with Crippen molar-refractivity contribution in [3.05, 3.63) is 17.5 Å². The average molecular weight is 264 g/mol. The summed E-state index contributed by atoms with van der Waals surface area (Å²) in [6.07, 6.45) is 2.26. The molecule has 0 aliphatic carbocycles. The molecule has 2 aliphatic rings. The predicted octanol–water partition coefficient (Wildman–Crippen LogP) is 0.717. The van der Waals surface area contributed by atoms with E-state index in [2.05, 4.69) is 33.3 Å². The molecule has 0 amide bonds. The lowest BCUT2D eigenvalue weighted by Gasteiger charge is -2.37. The summed E-state index contributed by atoms with van der Waals surface area (Å²) in [5.74, 6) is 1.01. The summed E-state index contributed by atoms with van der Waals surface area (Å²) in [6.45, 7) is 10.0. The molecule has 2 saturated heterocycles. The van der Waals surface area contributed by atoms with E-state index in [9.17, 15) is 0 Å².